The van der Waals surface area contributed by atoms with Crippen LogP contribution in [0.2, 0.25) is 0 Å². The van der Waals surface area contributed by atoms with Crippen molar-refractivity contribution in [1.29, 1.82) is 0 Å². The molecule has 2 aliphatic rings. The lowest BCUT2D eigenvalue weighted by molar-refractivity contribution is -0.139. The molecule has 0 N–H and O–H groups in total. The molecule has 0 bridgehead atoms. The largest absolute Gasteiger partial charge is 0.465 e. The lowest BCUT2D eigenvalue weighted by Gasteiger charge is -2.13. The van der Waals surface area contributed by atoms with E-state index < -0.39 is 0 Å². The third-order valence-electron chi connectivity index (χ3n) is 2.87. The molecule has 80 valence electrons. The lowest BCUT2D eigenvalue weighted by atomic mass is 10.2. The van der Waals surface area contributed by atoms with Crippen molar-refractivity contribution in [3.63, 3.8) is 0 Å². The van der Waals surface area contributed by atoms with E-state index in [1.807, 2.05) is 18.7 Å². The van der Waals surface area contributed by atoms with Crippen molar-refractivity contribution >= 4 is 17.7 Å². The Hall–Kier alpha value is -0.180. The number of hydrogen-bond acceptors (Lipinski definition) is 3. The van der Waals surface area contributed by atoms with Crippen LogP contribution >= 0.6 is 11.8 Å². The Bertz CT molecular complexity index is 197. The van der Waals surface area contributed by atoms with Gasteiger partial charge in [-0.3, -0.25) is 4.79 Å². The van der Waals surface area contributed by atoms with Crippen LogP contribution in [-0.4, -0.2) is 23.6 Å². The third kappa shape index (κ3) is 2.91. The fourth-order valence-electron chi connectivity index (χ4n) is 1.87. The van der Waals surface area contributed by atoms with Gasteiger partial charge in [0.25, 0.3) is 0 Å². The van der Waals surface area contributed by atoms with Crippen molar-refractivity contribution < 1.29 is 9.53 Å². The van der Waals surface area contributed by atoms with Crippen LogP contribution in [0.1, 0.15) is 32.6 Å². The molecule has 3 heteroatoms. The molecule has 2 rings (SSSR count). The number of carbonyl (C=O) groups is 1. The van der Waals surface area contributed by atoms with Gasteiger partial charge in [0.05, 0.1) is 12.4 Å². The Balaban J connectivity index is 1.68. The van der Waals surface area contributed by atoms with E-state index in [1.165, 1.54) is 25.7 Å². The quantitative estimate of drug-likeness (QED) is 0.635. The van der Waals surface area contributed by atoms with E-state index in [9.17, 15) is 4.79 Å². The molecule has 0 aromatic carbocycles. The van der Waals surface area contributed by atoms with E-state index in [4.69, 9.17) is 4.74 Å². The molecule has 0 saturated heterocycles. The van der Waals surface area contributed by atoms with Gasteiger partial charge in [-0.2, -0.15) is 0 Å². The highest BCUT2D eigenvalue weighted by atomic mass is 32.2. The van der Waals surface area contributed by atoms with Gasteiger partial charge in [0.2, 0.25) is 0 Å². The van der Waals surface area contributed by atoms with Crippen LogP contribution in [0.4, 0.5) is 0 Å². The minimum Gasteiger partial charge on any atom is -0.465 e. The first-order chi connectivity index (χ1) is 6.81. The van der Waals surface area contributed by atoms with Crippen molar-refractivity contribution in [3.05, 3.63) is 0 Å². The Labute approximate surface area is 89.8 Å². The van der Waals surface area contributed by atoms with Crippen molar-refractivity contribution in [2.24, 2.45) is 11.8 Å². The average molecular weight is 214 g/mol. The molecule has 0 unspecified atom stereocenters. The molecule has 0 atom stereocenters. The van der Waals surface area contributed by atoms with Gasteiger partial charge in [0.1, 0.15) is 0 Å². The number of thioether (sulfide) groups is 1. The zero-order chi connectivity index (χ0) is 9.97. The van der Waals surface area contributed by atoms with Crippen molar-refractivity contribution in [1.82, 2.24) is 0 Å². The number of esters is 1. The molecule has 2 fully saturated rings. The summed E-state index contributed by atoms with van der Waals surface area (Å²) in [5, 5.41) is 0.763. The smallest absolute Gasteiger partial charge is 0.315 e. The van der Waals surface area contributed by atoms with Crippen molar-refractivity contribution in [2.45, 2.75) is 37.9 Å². The van der Waals surface area contributed by atoms with Gasteiger partial charge < -0.3 is 4.74 Å². The molecule has 0 amide bonds. The van der Waals surface area contributed by atoms with Gasteiger partial charge in [-0.25, -0.2) is 0 Å². The zero-order valence-electron chi connectivity index (χ0n) is 8.70. The van der Waals surface area contributed by atoms with Crippen LogP contribution in [-0.2, 0) is 9.53 Å². The first-order valence-electron chi connectivity index (χ1n) is 5.58. The lowest BCUT2D eigenvalue weighted by Crippen LogP contribution is -2.14. The fourth-order valence-corrected chi connectivity index (χ4v) is 3.37. The Morgan fingerprint density at radius 1 is 1.36 bits per heavy atom. The predicted octanol–water partition coefficient (Wildman–Crippen LogP) is 2.47. The maximum Gasteiger partial charge on any atom is 0.315 e. The predicted molar refractivity (Wildman–Crippen MR) is 58.3 cm³/mol. The Kier molecular flexibility index (Phi) is 3.37. The van der Waals surface area contributed by atoms with E-state index in [-0.39, 0.29) is 5.97 Å². The van der Waals surface area contributed by atoms with Crippen molar-refractivity contribution in [3.8, 4) is 0 Å². The summed E-state index contributed by atoms with van der Waals surface area (Å²) in [6.45, 7) is 2.37. The van der Waals surface area contributed by atoms with Crippen LogP contribution in [0.5, 0.6) is 0 Å². The molecule has 0 aromatic heterocycles. The summed E-state index contributed by atoms with van der Waals surface area (Å²) in [5.41, 5.74) is 0. The molecule has 2 nitrogen and oxygen atoms in total. The molecule has 0 radical (unpaired) electrons. The first-order valence-corrected chi connectivity index (χ1v) is 6.63. The van der Waals surface area contributed by atoms with E-state index in [0.717, 1.165) is 17.1 Å². The maximum atomic E-state index is 11.2. The molecule has 0 aliphatic heterocycles. The normalized spacial score (nSPS) is 21.3. The van der Waals surface area contributed by atoms with Gasteiger partial charge in [0, 0.05) is 5.25 Å². The summed E-state index contributed by atoms with van der Waals surface area (Å²) in [4.78, 5) is 11.2. The minimum atomic E-state index is -0.0381. The molecular formula is C11H18O2S. The van der Waals surface area contributed by atoms with Gasteiger partial charge in [-0.1, -0.05) is 0 Å². The zero-order valence-corrected chi connectivity index (χ0v) is 9.52. The molecule has 0 aromatic rings. The van der Waals surface area contributed by atoms with Crippen LogP contribution in [0.3, 0.4) is 0 Å². The number of carbonyl (C=O) groups excluding carboxylic acids is 1. The van der Waals surface area contributed by atoms with Gasteiger partial charge in [-0.05, 0) is 44.4 Å². The SMILES string of the molecule is CCOC(=O)CSC(C1CC1)C1CC1. The summed E-state index contributed by atoms with van der Waals surface area (Å²) in [6.07, 6.45) is 5.54. The second-order valence-corrected chi connectivity index (χ2v) is 5.42. The topological polar surface area (TPSA) is 26.3 Å². The van der Waals surface area contributed by atoms with E-state index >= 15 is 0 Å². The van der Waals surface area contributed by atoms with Crippen LogP contribution in [0, 0.1) is 11.8 Å². The number of ether oxygens (including phenoxy) is 1. The van der Waals surface area contributed by atoms with Gasteiger partial charge in [0.15, 0.2) is 0 Å². The Morgan fingerprint density at radius 2 is 1.93 bits per heavy atom. The van der Waals surface area contributed by atoms with E-state index in [0.29, 0.717) is 12.4 Å². The molecule has 2 aliphatic carbocycles. The highest BCUT2D eigenvalue weighted by Gasteiger charge is 2.41. The summed E-state index contributed by atoms with van der Waals surface area (Å²) >= 11 is 1.84. The summed E-state index contributed by atoms with van der Waals surface area (Å²) in [5.74, 6) is 2.36. The molecule has 2 saturated carbocycles. The van der Waals surface area contributed by atoms with Crippen molar-refractivity contribution in [2.75, 3.05) is 12.4 Å². The molecule has 0 spiro atoms. The van der Waals surface area contributed by atoms with Gasteiger partial charge in [-0.15, -0.1) is 11.8 Å². The third-order valence-corrected chi connectivity index (χ3v) is 4.43. The monoisotopic (exact) mass is 214 g/mol. The molecular weight excluding hydrogens is 196 g/mol. The standard InChI is InChI=1S/C11H18O2S/c1-2-13-10(12)7-14-11(8-3-4-8)9-5-6-9/h8-9,11H,2-7H2,1H3. The van der Waals surface area contributed by atoms with Gasteiger partial charge >= 0.3 is 5.97 Å². The minimum absolute atomic E-state index is 0.0381. The Morgan fingerprint density at radius 3 is 2.36 bits per heavy atom. The maximum absolute atomic E-state index is 11.2. The van der Waals surface area contributed by atoms with E-state index in [1.54, 1.807) is 0 Å². The second-order valence-electron chi connectivity index (χ2n) is 4.26. The molecule has 0 heterocycles. The second kappa shape index (κ2) is 4.56. The summed E-state index contributed by atoms with van der Waals surface area (Å²) < 4.78 is 4.93. The van der Waals surface area contributed by atoms with E-state index in [2.05, 4.69) is 0 Å². The highest BCUT2D eigenvalue weighted by Crippen LogP contribution is 2.50. The summed E-state index contributed by atoms with van der Waals surface area (Å²) in [6, 6.07) is 0. The van der Waals surface area contributed by atoms with Crippen LogP contribution < -0.4 is 0 Å². The van der Waals surface area contributed by atoms with Crippen LogP contribution in [0.15, 0.2) is 0 Å². The number of hydrogen-bond donors (Lipinski definition) is 0. The highest BCUT2D eigenvalue weighted by molar-refractivity contribution is 8.00. The average Bonchev–Trinajstić information content (AvgIpc) is 3.01. The summed E-state index contributed by atoms with van der Waals surface area (Å²) in [7, 11) is 0. The molecule has 14 heavy (non-hydrogen) atoms. The fraction of sp³-hybridized carbons (Fsp3) is 0.909. The number of rotatable bonds is 6. The first kappa shape index (κ1) is 10.3. The van der Waals surface area contributed by atoms with Crippen LogP contribution in [0.25, 0.3) is 0 Å².